The number of halogens is 1. The fourth-order valence-corrected chi connectivity index (χ4v) is 2.81. The van der Waals surface area contributed by atoms with Gasteiger partial charge in [0.15, 0.2) is 5.82 Å². The van der Waals surface area contributed by atoms with Crippen molar-refractivity contribution < 1.29 is 23.2 Å². The third-order valence-electron chi connectivity index (χ3n) is 4.06. The van der Waals surface area contributed by atoms with Crippen molar-refractivity contribution >= 4 is 17.6 Å². The molecule has 2 heterocycles. The predicted octanol–water partition coefficient (Wildman–Crippen LogP) is 2.38. The molecular weight excluding hydrogens is 341 g/mol. The van der Waals surface area contributed by atoms with Crippen LogP contribution in [0.5, 0.6) is 0 Å². The maximum atomic E-state index is 13.1. The van der Waals surface area contributed by atoms with Crippen molar-refractivity contribution in [2.75, 3.05) is 25.0 Å². The number of nitrogens with zero attached hydrogens (tertiary/aromatic N) is 2. The largest absolute Gasteiger partial charge is 0.376 e. The molecule has 7 nitrogen and oxygen atoms in total. The van der Waals surface area contributed by atoms with Gasteiger partial charge in [-0.05, 0) is 44.0 Å². The van der Waals surface area contributed by atoms with E-state index in [2.05, 4.69) is 10.5 Å². The Balaban J connectivity index is 1.70. The van der Waals surface area contributed by atoms with E-state index in [0.29, 0.717) is 30.3 Å². The summed E-state index contributed by atoms with van der Waals surface area (Å²) in [5.74, 6) is -0.317. The fraction of sp³-hybridized carbons (Fsp3) is 0.389. The lowest BCUT2D eigenvalue weighted by Crippen LogP contribution is -2.42. The number of ether oxygens (including phenoxy) is 1. The summed E-state index contributed by atoms with van der Waals surface area (Å²) in [6, 6.07) is 6.83. The molecule has 2 amide bonds. The molecule has 0 unspecified atom stereocenters. The van der Waals surface area contributed by atoms with Crippen LogP contribution in [0, 0.1) is 12.7 Å². The Bertz CT molecular complexity index is 769. The summed E-state index contributed by atoms with van der Waals surface area (Å²) >= 11 is 0. The quantitative estimate of drug-likeness (QED) is 0.854. The molecule has 1 aromatic carbocycles. The number of nitrogens with one attached hydrogen (secondary N) is 1. The number of aromatic nitrogens is 1. The van der Waals surface area contributed by atoms with Gasteiger partial charge in [-0.3, -0.25) is 9.59 Å². The van der Waals surface area contributed by atoms with Gasteiger partial charge < -0.3 is 19.5 Å². The molecule has 3 rings (SSSR count). The number of aryl methyl sites for hydroxylation is 1. The van der Waals surface area contributed by atoms with Crippen molar-refractivity contribution in [3.05, 3.63) is 47.5 Å². The Morgan fingerprint density at radius 3 is 2.73 bits per heavy atom. The topological polar surface area (TPSA) is 84.7 Å². The minimum atomic E-state index is -0.425. The molecule has 1 aromatic heterocycles. The molecule has 1 aliphatic heterocycles. The number of carbonyl (C=O) groups is 2. The molecule has 0 saturated carbocycles. The van der Waals surface area contributed by atoms with Gasteiger partial charge in [0, 0.05) is 24.8 Å². The van der Waals surface area contributed by atoms with Gasteiger partial charge in [0.1, 0.15) is 18.1 Å². The molecule has 1 aliphatic rings. The molecular formula is C18H20FN3O4. The Kier molecular flexibility index (Phi) is 5.62. The van der Waals surface area contributed by atoms with Gasteiger partial charge in [0.25, 0.3) is 5.91 Å². The third kappa shape index (κ3) is 4.66. The van der Waals surface area contributed by atoms with Crippen molar-refractivity contribution in [1.29, 1.82) is 0 Å². The molecule has 1 fully saturated rings. The molecule has 2 aromatic rings. The second-order valence-corrected chi connectivity index (χ2v) is 6.20. The van der Waals surface area contributed by atoms with Crippen LogP contribution in [-0.4, -0.2) is 47.7 Å². The lowest BCUT2D eigenvalue weighted by atomic mass is 10.1. The summed E-state index contributed by atoms with van der Waals surface area (Å²) in [7, 11) is 0. The van der Waals surface area contributed by atoms with Crippen LogP contribution in [0.3, 0.4) is 0 Å². The summed E-state index contributed by atoms with van der Waals surface area (Å²) in [6.45, 7) is 2.49. The molecule has 1 N–H and O–H groups in total. The molecule has 26 heavy (non-hydrogen) atoms. The molecule has 0 radical (unpaired) electrons. The van der Waals surface area contributed by atoms with Crippen LogP contribution in [0.1, 0.15) is 29.0 Å². The maximum Gasteiger partial charge on any atom is 0.254 e. The van der Waals surface area contributed by atoms with Crippen molar-refractivity contribution in [3.63, 3.8) is 0 Å². The second-order valence-electron chi connectivity index (χ2n) is 6.20. The Labute approximate surface area is 150 Å². The first-order valence-electron chi connectivity index (χ1n) is 8.41. The molecule has 8 heteroatoms. The van der Waals surface area contributed by atoms with E-state index in [9.17, 15) is 14.0 Å². The van der Waals surface area contributed by atoms with E-state index in [1.807, 2.05) is 0 Å². The minimum absolute atomic E-state index is 0.110. The Morgan fingerprint density at radius 2 is 2.12 bits per heavy atom. The first-order chi connectivity index (χ1) is 12.5. The van der Waals surface area contributed by atoms with Crippen LogP contribution >= 0.6 is 0 Å². The maximum absolute atomic E-state index is 13.1. The number of anilines is 1. The Hall–Kier alpha value is -2.74. The highest BCUT2D eigenvalue weighted by molar-refractivity contribution is 5.99. The van der Waals surface area contributed by atoms with E-state index in [1.165, 1.54) is 29.2 Å². The lowest BCUT2D eigenvalue weighted by molar-refractivity contribution is -0.117. The molecule has 0 bridgehead atoms. The van der Waals surface area contributed by atoms with Gasteiger partial charge in [-0.1, -0.05) is 5.16 Å². The third-order valence-corrected chi connectivity index (χ3v) is 4.06. The van der Waals surface area contributed by atoms with E-state index in [0.717, 1.165) is 12.8 Å². The van der Waals surface area contributed by atoms with Crippen molar-refractivity contribution in [1.82, 2.24) is 10.1 Å². The van der Waals surface area contributed by atoms with E-state index in [-0.39, 0.29) is 18.6 Å². The highest BCUT2D eigenvalue weighted by Crippen LogP contribution is 2.16. The molecule has 1 atom stereocenters. The number of carbonyl (C=O) groups excluding carboxylic acids is 2. The van der Waals surface area contributed by atoms with E-state index in [1.54, 1.807) is 13.0 Å². The second kappa shape index (κ2) is 8.09. The summed E-state index contributed by atoms with van der Waals surface area (Å²) < 4.78 is 23.6. The number of hydrogen-bond donors (Lipinski definition) is 1. The van der Waals surface area contributed by atoms with E-state index >= 15 is 0 Å². The van der Waals surface area contributed by atoms with Gasteiger partial charge in [0.2, 0.25) is 5.91 Å². The molecule has 0 spiro atoms. The molecule has 138 valence electrons. The minimum Gasteiger partial charge on any atom is -0.376 e. The summed E-state index contributed by atoms with van der Waals surface area (Å²) in [5.41, 5.74) is 0.314. The van der Waals surface area contributed by atoms with Crippen LogP contribution in [0.4, 0.5) is 10.2 Å². The zero-order chi connectivity index (χ0) is 18.5. The average molecular weight is 361 g/mol. The Morgan fingerprint density at radius 1 is 1.35 bits per heavy atom. The van der Waals surface area contributed by atoms with Crippen LogP contribution < -0.4 is 5.32 Å². The van der Waals surface area contributed by atoms with Crippen LogP contribution in [-0.2, 0) is 9.53 Å². The molecule has 0 aliphatic carbocycles. The summed E-state index contributed by atoms with van der Waals surface area (Å²) in [5, 5.41) is 6.30. The monoisotopic (exact) mass is 361 g/mol. The summed E-state index contributed by atoms with van der Waals surface area (Å²) in [6.07, 6.45) is 1.65. The normalized spacial score (nSPS) is 16.5. The van der Waals surface area contributed by atoms with Crippen molar-refractivity contribution in [2.45, 2.75) is 25.9 Å². The van der Waals surface area contributed by atoms with Gasteiger partial charge >= 0.3 is 0 Å². The van der Waals surface area contributed by atoms with Gasteiger partial charge in [-0.15, -0.1) is 0 Å². The summed E-state index contributed by atoms with van der Waals surface area (Å²) in [4.78, 5) is 26.5. The highest BCUT2D eigenvalue weighted by atomic mass is 19.1. The first kappa shape index (κ1) is 18.1. The zero-order valence-corrected chi connectivity index (χ0v) is 14.4. The number of benzene rings is 1. The SMILES string of the molecule is Cc1cc(NC(=O)CN(C[C@H]2CCCO2)C(=O)c2ccc(F)cc2)no1. The number of amides is 2. The smallest absolute Gasteiger partial charge is 0.254 e. The number of hydrogen-bond acceptors (Lipinski definition) is 5. The standard InChI is InChI=1S/C18H20FN3O4/c1-12-9-16(21-26-12)20-17(23)11-22(10-15-3-2-8-25-15)18(24)13-4-6-14(19)7-5-13/h4-7,9,15H,2-3,8,10-11H2,1H3,(H,20,21,23)/t15-/m1/s1. The first-order valence-corrected chi connectivity index (χ1v) is 8.41. The number of rotatable bonds is 6. The van der Waals surface area contributed by atoms with Crippen molar-refractivity contribution in [3.8, 4) is 0 Å². The van der Waals surface area contributed by atoms with Crippen LogP contribution in [0.15, 0.2) is 34.9 Å². The molecule has 1 saturated heterocycles. The fourth-order valence-electron chi connectivity index (χ4n) is 2.81. The predicted molar refractivity (Wildman–Crippen MR) is 91.1 cm³/mol. The van der Waals surface area contributed by atoms with Crippen LogP contribution in [0.25, 0.3) is 0 Å². The van der Waals surface area contributed by atoms with E-state index in [4.69, 9.17) is 9.26 Å². The lowest BCUT2D eigenvalue weighted by Gasteiger charge is -2.25. The van der Waals surface area contributed by atoms with E-state index < -0.39 is 11.7 Å². The van der Waals surface area contributed by atoms with Gasteiger partial charge in [-0.2, -0.15) is 0 Å². The van der Waals surface area contributed by atoms with Gasteiger partial charge in [0.05, 0.1) is 6.10 Å². The van der Waals surface area contributed by atoms with Crippen molar-refractivity contribution in [2.24, 2.45) is 0 Å². The highest BCUT2D eigenvalue weighted by Gasteiger charge is 2.25. The van der Waals surface area contributed by atoms with Gasteiger partial charge in [-0.25, -0.2) is 4.39 Å². The van der Waals surface area contributed by atoms with Crippen LogP contribution in [0.2, 0.25) is 0 Å². The zero-order valence-electron chi connectivity index (χ0n) is 14.4. The average Bonchev–Trinajstić information content (AvgIpc) is 3.26.